The molecule has 1 unspecified atom stereocenters. The van der Waals surface area contributed by atoms with Crippen LogP contribution < -0.4 is 19.8 Å². The number of ether oxygens (including phenoxy) is 2. The van der Waals surface area contributed by atoms with Crippen molar-refractivity contribution in [2.24, 2.45) is 0 Å². The van der Waals surface area contributed by atoms with Crippen molar-refractivity contribution in [3.63, 3.8) is 0 Å². The van der Waals surface area contributed by atoms with Gasteiger partial charge in [-0.15, -0.1) is 0 Å². The minimum Gasteiger partial charge on any atom is -0.494 e. The Morgan fingerprint density at radius 1 is 1.00 bits per heavy atom. The van der Waals surface area contributed by atoms with E-state index in [0.29, 0.717) is 36.0 Å². The average molecular weight is 471 g/mol. The number of amides is 1. The van der Waals surface area contributed by atoms with E-state index < -0.39 is 23.2 Å². The highest BCUT2D eigenvalue weighted by atomic mass is 19.1. The zero-order valence-corrected chi connectivity index (χ0v) is 19.0. The van der Waals surface area contributed by atoms with Gasteiger partial charge < -0.3 is 13.9 Å². The van der Waals surface area contributed by atoms with E-state index in [2.05, 4.69) is 6.58 Å². The van der Waals surface area contributed by atoms with Crippen molar-refractivity contribution in [1.82, 2.24) is 0 Å². The van der Waals surface area contributed by atoms with Crippen LogP contribution in [0.25, 0.3) is 11.0 Å². The molecule has 1 aliphatic rings. The summed E-state index contributed by atoms with van der Waals surface area (Å²) in [5, 5.41) is 0.0843. The van der Waals surface area contributed by atoms with Gasteiger partial charge in [-0.1, -0.05) is 24.8 Å². The van der Waals surface area contributed by atoms with E-state index in [4.69, 9.17) is 13.9 Å². The van der Waals surface area contributed by atoms with Crippen molar-refractivity contribution in [3.05, 3.63) is 112 Å². The van der Waals surface area contributed by atoms with Crippen LogP contribution in [0.4, 0.5) is 10.1 Å². The molecule has 2 heterocycles. The minimum absolute atomic E-state index is 0.0556. The number of benzene rings is 3. The molecule has 35 heavy (non-hydrogen) atoms. The third kappa shape index (κ3) is 3.95. The number of anilines is 1. The van der Waals surface area contributed by atoms with Gasteiger partial charge in [0.05, 0.1) is 23.6 Å². The van der Waals surface area contributed by atoms with Crippen LogP contribution in [0.2, 0.25) is 0 Å². The van der Waals surface area contributed by atoms with E-state index in [1.807, 2.05) is 6.92 Å². The molecule has 0 saturated carbocycles. The lowest BCUT2D eigenvalue weighted by Crippen LogP contribution is -2.29. The second-order valence-electron chi connectivity index (χ2n) is 7.99. The summed E-state index contributed by atoms with van der Waals surface area (Å²) in [5.41, 5.74) is 1.13. The number of rotatable bonds is 7. The van der Waals surface area contributed by atoms with Crippen LogP contribution in [0.1, 0.15) is 34.6 Å². The maximum atomic E-state index is 14.0. The number of halogens is 1. The Morgan fingerprint density at radius 3 is 2.37 bits per heavy atom. The second-order valence-corrected chi connectivity index (χ2v) is 7.99. The lowest BCUT2D eigenvalue weighted by atomic mass is 9.98. The standard InChI is InChI=1S/C28H22FNO5/c1-3-15-34-21-10-5-17(6-11-21)25-24-26(31)22-16-18(29)7-14-23(22)35-27(24)28(32)30(25)19-8-12-20(13-9-19)33-4-2/h3,5-14,16,25H,1,4,15H2,2H3. The molecule has 0 N–H and O–H groups in total. The molecule has 0 fully saturated rings. The van der Waals surface area contributed by atoms with E-state index in [9.17, 15) is 14.0 Å². The number of carbonyl (C=O) groups excluding carboxylic acids is 1. The van der Waals surface area contributed by atoms with Gasteiger partial charge in [0, 0.05) is 5.69 Å². The van der Waals surface area contributed by atoms with Gasteiger partial charge in [-0.3, -0.25) is 14.5 Å². The Balaban J connectivity index is 1.68. The average Bonchev–Trinajstić information content (AvgIpc) is 3.16. The van der Waals surface area contributed by atoms with Crippen molar-refractivity contribution >= 4 is 22.6 Å². The summed E-state index contributed by atoms with van der Waals surface area (Å²) in [4.78, 5) is 28.7. The summed E-state index contributed by atoms with van der Waals surface area (Å²) in [6.07, 6.45) is 1.64. The third-order valence-corrected chi connectivity index (χ3v) is 5.82. The highest BCUT2D eigenvalue weighted by Crippen LogP contribution is 2.42. The molecule has 0 spiro atoms. The van der Waals surface area contributed by atoms with Crippen molar-refractivity contribution in [2.45, 2.75) is 13.0 Å². The second kappa shape index (κ2) is 9.10. The quantitative estimate of drug-likeness (QED) is 0.326. The normalized spacial score (nSPS) is 14.7. The zero-order valence-electron chi connectivity index (χ0n) is 19.0. The molecule has 1 aromatic heterocycles. The van der Waals surface area contributed by atoms with Gasteiger partial charge in [0.1, 0.15) is 29.5 Å². The topological polar surface area (TPSA) is 69.0 Å². The van der Waals surface area contributed by atoms with Crippen molar-refractivity contribution < 1.29 is 23.1 Å². The summed E-state index contributed by atoms with van der Waals surface area (Å²) in [5.74, 6) is 0.219. The molecule has 7 heteroatoms. The predicted molar refractivity (Wildman–Crippen MR) is 131 cm³/mol. The Morgan fingerprint density at radius 2 is 1.69 bits per heavy atom. The number of hydrogen-bond donors (Lipinski definition) is 0. The summed E-state index contributed by atoms with van der Waals surface area (Å²) in [6, 6.07) is 17.1. The first-order valence-corrected chi connectivity index (χ1v) is 11.2. The van der Waals surface area contributed by atoms with Crippen LogP contribution in [-0.2, 0) is 0 Å². The lowest BCUT2D eigenvalue weighted by Gasteiger charge is -2.25. The van der Waals surface area contributed by atoms with Crippen molar-refractivity contribution in [3.8, 4) is 11.5 Å². The van der Waals surface area contributed by atoms with Gasteiger partial charge in [-0.25, -0.2) is 4.39 Å². The predicted octanol–water partition coefficient (Wildman–Crippen LogP) is 5.65. The maximum Gasteiger partial charge on any atom is 0.295 e. The van der Waals surface area contributed by atoms with Gasteiger partial charge >= 0.3 is 0 Å². The van der Waals surface area contributed by atoms with Crippen molar-refractivity contribution in [1.29, 1.82) is 0 Å². The van der Waals surface area contributed by atoms with Crippen molar-refractivity contribution in [2.75, 3.05) is 18.1 Å². The monoisotopic (exact) mass is 471 g/mol. The van der Waals surface area contributed by atoms with E-state index in [-0.39, 0.29) is 22.3 Å². The number of nitrogens with zero attached hydrogens (tertiary/aromatic N) is 1. The summed E-state index contributed by atoms with van der Waals surface area (Å²) in [6.45, 7) is 6.39. The Kier molecular flexibility index (Phi) is 5.82. The molecule has 0 saturated heterocycles. The minimum atomic E-state index is -0.771. The number of carbonyl (C=O) groups is 1. The molecule has 0 radical (unpaired) electrons. The lowest BCUT2D eigenvalue weighted by molar-refractivity contribution is 0.0971. The molecule has 5 rings (SSSR count). The summed E-state index contributed by atoms with van der Waals surface area (Å²) in [7, 11) is 0. The highest BCUT2D eigenvalue weighted by Gasteiger charge is 2.43. The molecular formula is C28H22FNO5. The largest absolute Gasteiger partial charge is 0.494 e. The first-order valence-electron chi connectivity index (χ1n) is 11.2. The Bertz CT molecular complexity index is 1470. The molecule has 1 amide bonds. The van der Waals surface area contributed by atoms with E-state index in [1.165, 1.54) is 17.0 Å². The molecule has 176 valence electrons. The molecule has 0 bridgehead atoms. The van der Waals surface area contributed by atoms with Gasteiger partial charge in [0.15, 0.2) is 5.43 Å². The Labute approximate surface area is 200 Å². The fourth-order valence-electron chi connectivity index (χ4n) is 4.30. The van der Waals surface area contributed by atoms with Gasteiger partial charge in [-0.05, 0) is 67.1 Å². The van der Waals surface area contributed by atoms with Crippen LogP contribution in [0.5, 0.6) is 11.5 Å². The fraction of sp³-hybridized carbons (Fsp3) is 0.143. The van der Waals surface area contributed by atoms with Gasteiger partial charge in [-0.2, -0.15) is 0 Å². The molecule has 3 aromatic carbocycles. The number of fused-ring (bicyclic) bond motifs is 2. The van der Waals surface area contributed by atoms with Crippen LogP contribution in [0.15, 0.2) is 88.6 Å². The smallest absolute Gasteiger partial charge is 0.295 e. The fourth-order valence-corrected chi connectivity index (χ4v) is 4.30. The molecule has 0 aliphatic carbocycles. The first kappa shape index (κ1) is 22.4. The van der Waals surface area contributed by atoms with Crippen LogP contribution in [0.3, 0.4) is 0 Å². The highest BCUT2D eigenvalue weighted by molar-refractivity contribution is 6.10. The molecule has 4 aromatic rings. The third-order valence-electron chi connectivity index (χ3n) is 5.82. The summed E-state index contributed by atoms with van der Waals surface area (Å²) >= 11 is 0. The van der Waals surface area contributed by atoms with Gasteiger partial charge in [0.2, 0.25) is 5.76 Å². The number of hydrogen-bond acceptors (Lipinski definition) is 5. The molecule has 6 nitrogen and oxygen atoms in total. The molecular weight excluding hydrogens is 449 g/mol. The van der Waals surface area contributed by atoms with E-state index >= 15 is 0 Å². The Hall–Kier alpha value is -4.39. The van der Waals surface area contributed by atoms with Crippen LogP contribution in [0, 0.1) is 5.82 Å². The SMILES string of the molecule is C=CCOc1ccc(C2c3c(oc4ccc(F)cc4c3=O)C(=O)N2c2ccc(OCC)cc2)cc1. The molecule has 1 atom stereocenters. The van der Waals surface area contributed by atoms with Gasteiger partial charge in [0.25, 0.3) is 5.91 Å². The van der Waals surface area contributed by atoms with Crippen LogP contribution >= 0.6 is 0 Å². The van der Waals surface area contributed by atoms with E-state index in [0.717, 1.165) is 6.07 Å². The summed E-state index contributed by atoms with van der Waals surface area (Å²) < 4.78 is 30.9. The van der Waals surface area contributed by atoms with Crippen LogP contribution in [-0.4, -0.2) is 19.1 Å². The maximum absolute atomic E-state index is 14.0. The zero-order chi connectivity index (χ0) is 24.5. The van der Waals surface area contributed by atoms with E-state index in [1.54, 1.807) is 54.6 Å². The molecule has 1 aliphatic heterocycles. The first-order chi connectivity index (χ1) is 17.0.